The molecule has 0 aliphatic carbocycles. The summed E-state index contributed by atoms with van der Waals surface area (Å²) in [7, 11) is 0. The van der Waals surface area contributed by atoms with Gasteiger partial charge in [-0.15, -0.1) is 0 Å². The molecule has 0 heterocycles. The first-order chi connectivity index (χ1) is 2.64. The van der Waals surface area contributed by atoms with Gasteiger partial charge in [0.05, 0.1) is 0 Å². The Bertz CT molecular complexity index is 29.8. The van der Waals surface area contributed by atoms with Crippen LogP contribution in [0, 0.1) is 0 Å². The highest BCUT2D eigenvalue weighted by Gasteiger charge is 2.15. The summed E-state index contributed by atoms with van der Waals surface area (Å²) in [6.07, 6.45) is -6.60. The molecule has 0 bridgehead atoms. The molecule has 4 heteroatoms. The number of hydrogen-bond donors (Lipinski definition) is 0. The molecule has 0 rings (SSSR count). The first-order valence-corrected chi connectivity index (χ1v) is 1.22. The maximum Gasteiger partial charge on any atom is 0.296 e. The largest absolute Gasteiger partial charge is 0.296 e. The summed E-state index contributed by atoms with van der Waals surface area (Å²) < 4.78 is 31.5. The zero-order valence-corrected chi connectivity index (χ0v) is 2.70. The van der Waals surface area contributed by atoms with Crippen molar-refractivity contribution >= 4 is 0 Å². The van der Waals surface area contributed by atoms with Crippen LogP contribution in [-0.4, -0.2) is 12.8 Å². The highest BCUT2D eigenvalue weighted by molar-refractivity contribution is 4.33. The molecule has 1 nitrogen and oxygen atoms in total. The van der Waals surface area contributed by atoms with Gasteiger partial charge in [-0.05, 0) is 0 Å². The van der Waals surface area contributed by atoms with Crippen molar-refractivity contribution < 1.29 is 18.3 Å². The van der Waals surface area contributed by atoms with Crippen LogP contribution in [0.25, 0.3) is 0 Å². The average molecular weight is 99.0 g/mol. The minimum absolute atomic E-state index is 3.23. The van der Waals surface area contributed by atoms with Crippen LogP contribution in [-0.2, 0) is 5.11 Å². The third-order valence-corrected chi connectivity index (χ3v) is 0.198. The third kappa shape index (κ3) is 2.02. The second-order valence-corrected chi connectivity index (χ2v) is 0.686. The summed E-state index contributed by atoms with van der Waals surface area (Å²) in [6, 6.07) is 0. The molecule has 0 aromatic rings. The van der Waals surface area contributed by atoms with Crippen LogP contribution in [0.4, 0.5) is 13.2 Å². The lowest BCUT2D eigenvalue weighted by molar-refractivity contribution is -0.124. The molecule has 0 N–H and O–H groups in total. The van der Waals surface area contributed by atoms with E-state index >= 15 is 0 Å². The van der Waals surface area contributed by atoms with Crippen molar-refractivity contribution in [1.82, 2.24) is 0 Å². The van der Waals surface area contributed by atoms with Gasteiger partial charge in [0.25, 0.3) is 12.8 Å². The van der Waals surface area contributed by atoms with Crippen LogP contribution in [0.5, 0.6) is 0 Å². The zero-order valence-electron chi connectivity index (χ0n) is 2.70. The van der Waals surface area contributed by atoms with E-state index in [1.807, 2.05) is 0 Å². The standard InChI is InChI=1S/C2H2F3O/c3-1(4)2(5)6/h1-2H. The van der Waals surface area contributed by atoms with Crippen LogP contribution < -0.4 is 0 Å². The predicted molar refractivity (Wildman–Crippen MR) is 11.6 cm³/mol. The van der Waals surface area contributed by atoms with E-state index in [1.165, 1.54) is 0 Å². The Labute approximate surface area is 32.4 Å². The van der Waals surface area contributed by atoms with E-state index in [0.717, 1.165) is 0 Å². The van der Waals surface area contributed by atoms with E-state index in [9.17, 15) is 13.2 Å². The lowest BCUT2D eigenvalue weighted by atomic mass is 10.7. The average Bonchev–Trinajstić information content (AvgIpc) is 1.36. The molecule has 0 spiro atoms. The first kappa shape index (κ1) is 5.75. The summed E-state index contributed by atoms with van der Waals surface area (Å²) in [4.78, 5) is 0. The number of rotatable bonds is 1. The lowest BCUT2D eigenvalue weighted by Gasteiger charge is -1.89. The van der Waals surface area contributed by atoms with Crippen LogP contribution in [0.3, 0.4) is 0 Å². The van der Waals surface area contributed by atoms with Crippen molar-refractivity contribution in [3.63, 3.8) is 0 Å². The van der Waals surface area contributed by atoms with Crippen LogP contribution >= 0.6 is 0 Å². The van der Waals surface area contributed by atoms with Crippen molar-refractivity contribution in [2.45, 2.75) is 12.8 Å². The van der Waals surface area contributed by atoms with Gasteiger partial charge in [-0.1, -0.05) is 0 Å². The maximum absolute atomic E-state index is 10.5. The minimum Gasteiger partial charge on any atom is -0.206 e. The fourth-order valence-corrected chi connectivity index (χ4v) is 0. The van der Waals surface area contributed by atoms with Gasteiger partial charge in [-0.2, -0.15) is 5.11 Å². The molecule has 1 atom stereocenters. The Hall–Kier alpha value is -0.250. The van der Waals surface area contributed by atoms with E-state index in [4.69, 9.17) is 5.11 Å². The van der Waals surface area contributed by atoms with Crippen molar-refractivity contribution in [3.05, 3.63) is 0 Å². The van der Waals surface area contributed by atoms with Gasteiger partial charge in [0, 0.05) is 0 Å². The van der Waals surface area contributed by atoms with Crippen LogP contribution in [0.2, 0.25) is 0 Å². The van der Waals surface area contributed by atoms with Crippen molar-refractivity contribution in [2.24, 2.45) is 0 Å². The second kappa shape index (κ2) is 2.02. The van der Waals surface area contributed by atoms with Crippen molar-refractivity contribution in [3.8, 4) is 0 Å². The number of halogens is 3. The first-order valence-electron chi connectivity index (χ1n) is 1.22. The number of hydrogen-bond acceptors (Lipinski definition) is 0. The zero-order chi connectivity index (χ0) is 5.15. The van der Waals surface area contributed by atoms with Gasteiger partial charge in [0.2, 0.25) is 0 Å². The Morgan fingerprint density at radius 1 is 1.17 bits per heavy atom. The fourth-order valence-electron chi connectivity index (χ4n) is 0. The van der Waals surface area contributed by atoms with E-state index in [0.29, 0.717) is 0 Å². The summed E-state index contributed by atoms with van der Waals surface area (Å²) in [5.74, 6) is 0. The fraction of sp³-hybridized carbons (Fsp3) is 1.00. The summed E-state index contributed by atoms with van der Waals surface area (Å²) in [5.41, 5.74) is 0. The molecule has 37 valence electrons. The molecule has 0 aliphatic heterocycles. The Balaban J connectivity index is 2.99. The molecule has 1 radical (unpaired) electrons. The molecule has 0 fully saturated rings. The van der Waals surface area contributed by atoms with Gasteiger partial charge in [-0.25, -0.2) is 13.2 Å². The third-order valence-electron chi connectivity index (χ3n) is 0.198. The van der Waals surface area contributed by atoms with Crippen LogP contribution in [0.1, 0.15) is 0 Å². The second-order valence-electron chi connectivity index (χ2n) is 0.686. The highest BCUT2D eigenvalue weighted by atomic mass is 19.3. The van der Waals surface area contributed by atoms with Crippen molar-refractivity contribution in [1.29, 1.82) is 0 Å². The molecule has 6 heavy (non-hydrogen) atoms. The smallest absolute Gasteiger partial charge is 0.206 e. The van der Waals surface area contributed by atoms with E-state index in [2.05, 4.69) is 0 Å². The highest BCUT2D eigenvalue weighted by Crippen LogP contribution is 1.99. The molecule has 0 aromatic heterocycles. The summed E-state index contributed by atoms with van der Waals surface area (Å²) in [6.45, 7) is 0. The van der Waals surface area contributed by atoms with E-state index < -0.39 is 12.8 Å². The van der Waals surface area contributed by atoms with Crippen molar-refractivity contribution in [2.75, 3.05) is 0 Å². The van der Waals surface area contributed by atoms with Gasteiger partial charge in [0.15, 0.2) is 0 Å². The summed E-state index contributed by atoms with van der Waals surface area (Å²) >= 11 is 0. The molecule has 0 amide bonds. The minimum atomic E-state index is -3.37. The molecule has 0 saturated heterocycles. The predicted octanol–water partition coefficient (Wildman–Crippen LogP) is 0.978. The number of alkyl halides is 3. The van der Waals surface area contributed by atoms with Gasteiger partial charge in [-0.3, -0.25) is 0 Å². The van der Waals surface area contributed by atoms with Gasteiger partial charge < -0.3 is 0 Å². The Morgan fingerprint density at radius 3 is 1.33 bits per heavy atom. The molecular formula is C2H2F3O. The topological polar surface area (TPSA) is 19.9 Å². The van der Waals surface area contributed by atoms with Gasteiger partial charge in [0.1, 0.15) is 0 Å². The lowest BCUT2D eigenvalue weighted by Crippen LogP contribution is -2.07. The Kier molecular flexibility index (Phi) is 1.94. The molecule has 0 aromatic carbocycles. The van der Waals surface area contributed by atoms with Gasteiger partial charge >= 0.3 is 0 Å². The van der Waals surface area contributed by atoms with Crippen LogP contribution in [0.15, 0.2) is 0 Å². The molecule has 0 saturated carbocycles. The quantitative estimate of drug-likeness (QED) is 0.467. The Morgan fingerprint density at radius 2 is 1.33 bits per heavy atom. The normalized spacial score (nSPS) is 15.5. The molecular weight excluding hydrogens is 97.0 g/mol. The molecule has 0 aliphatic rings. The SMILES string of the molecule is [O]C(F)C(F)F. The van der Waals surface area contributed by atoms with E-state index in [1.54, 1.807) is 0 Å². The monoisotopic (exact) mass is 99.0 g/mol. The molecule has 1 unspecified atom stereocenters. The van der Waals surface area contributed by atoms with E-state index in [-0.39, 0.29) is 0 Å². The summed E-state index contributed by atoms with van der Waals surface area (Å²) in [5, 5.41) is 8.81. The maximum atomic E-state index is 10.5.